The molecular weight excluding hydrogens is 437 g/mol. The van der Waals surface area contributed by atoms with E-state index in [1.807, 2.05) is 26.0 Å². The molecule has 2 N–H and O–H groups in total. The molecule has 1 rings (SSSR count). The lowest BCUT2D eigenvalue weighted by atomic mass is 10.1. The van der Waals surface area contributed by atoms with Crippen molar-refractivity contribution >= 4 is 29.9 Å². The van der Waals surface area contributed by atoms with Gasteiger partial charge in [-0.3, -0.25) is 4.99 Å². The Morgan fingerprint density at radius 3 is 1.96 bits per heavy atom. The fraction of sp³-hybridized carbons (Fsp3) is 0.588. The van der Waals surface area contributed by atoms with E-state index in [4.69, 9.17) is 18.9 Å². The molecule has 0 spiro atoms. The van der Waals surface area contributed by atoms with Gasteiger partial charge in [0.15, 0.2) is 5.96 Å². The minimum absolute atomic E-state index is 0. The molecule has 0 aromatic heterocycles. The van der Waals surface area contributed by atoms with Gasteiger partial charge in [-0.2, -0.15) is 0 Å². The second-order valence-corrected chi connectivity index (χ2v) is 5.75. The molecule has 0 unspecified atom stereocenters. The molecule has 0 fully saturated rings. The number of aliphatic imine (C=N–C) groups is 1. The SMILES string of the molecule is CN=C(NCc1c(OC)cc(OC)cc1OC)NCC(C)(C)OC.I. The Balaban J connectivity index is 0.00000576. The number of hydrogen-bond acceptors (Lipinski definition) is 5. The van der Waals surface area contributed by atoms with Crippen molar-refractivity contribution < 1.29 is 18.9 Å². The van der Waals surface area contributed by atoms with Gasteiger partial charge >= 0.3 is 0 Å². The molecule has 0 bridgehead atoms. The average Bonchev–Trinajstić information content (AvgIpc) is 2.61. The molecule has 25 heavy (non-hydrogen) atoms. The maximum Gasteiger partial charge on any atom is 0.191 e. The number of ether oxygens (including phenoxy) is 4. The number of methoxy groups -OCH3 is 4. The van der Waals surface area contributed by atoms with Crippen molar-refractivity contribution in [3.05, 3.63) is 17.7 Å². The van der Waals surface area contributed by atoms with E-state index in [1.165, 1.54) is 0 Å². The summed E-state index contributed by atoms with van der Waals surface area (Å²) in [7, 11) is 8.25. The zero-order valence-electron chi connectivity index (χ0n) is 16.1. The van der Waals surface area contributed by atoms with Gasteiger partial charge in [0.2, 0.25) is 0 Å². The van der Waals surface area contributed by atoms with Crippen LogP contribution in [-0.2, 0) is 11.3 Å². The molecule has 1 aromatic rings. The highest BCUT2D eigenvalue weighted by atomic mass is 127. The van der Waals surface area contributed by atoms with Gasteiger partial charge in [-0.15, -0.1) is 24.0 Å². The maximum absolute atomic E-state index is 5.45. The second-order valence-electron chi connectivity index (χ2n) is 5.75. The van der Waals surface area contributed by atoms with E-state index in [2.05, 4.69) is 15.6 Å². The van der Waals surface area contributed by atoms with E-state index in [-0.39, 0.29) is 29.6 Å². The fourth-order valence-corrected chi connectivity index (χ4v) is 2.01. The van der Waals surface area contributed by atoms with Crippen LogP contribution >= 0.6 is 24.0 Å². The van der Waals surface area contributed by atoms with Crippen LogP contribution < -0.4 is 24.8 Å². The molecule has 0 saturated carbocycles. The summed E-state index contributed by atoms with van der Waals surface area (Å²) in [5.74, 6) is 2.72. The minimum Gasteiger partial charge on any atom is -0.496 e. The van der Waals surface area contributed by atoms with Crippen LogP contribution in [-0.4, -0.2) is 53.6 Å². The minimum atomic E-state index is -0.285. The third kappa shape index (κ3) is 7.15. The van der Waals surface area contributed by atoms with Crippen molar-refractivity contribution in [3.63, 3.8) is 0 Å². The number of halogens is 1. The molecule has 0 aliphatic heterocycles. The largest absolute Gasteiger partial charge is 0.496 e. The average molecular weight is 467 g/mol. The molecular formula is C17H30IN3O4. The van der Waals surface area contributed by atoms with Gasteiger partial charge in [0.1, 0.15) is 17.2 Å². The van der Waals surface area contributed by atoms with E-state index < -0.39 is 0 Å². The summed E-state index contributed by atoms with van der Waals surface area (Å²) in [6.07, 6.45) is 0. The van der Waals surface area contributed by atoms with E-state index in [1.54, 1.807) is 35.5 Å². The first-order valence-corrected chi connectivity index (χ1v) is 7.69. The van der Waals surface area contributed by atoms with Crippen molar-refractivity contribution in [2.45, 2.75) is 26.0 Å². The zero-order chi connectivity index (χ0) is 18.2. The van der Waals surface area contributed by atoms with Gasteiger partial charge < -0.3 is 29.6 Å². The monoisotopic (exact) mass is 467 g/mol. The van der Waals surface area contributed by atoms with Crippen molar-refractivity contribution in [2.24, 2.45) is 4.99 Å². The van der Waals surface area contributed by atoms with Gasteiger partial charge in [-0.1, -0.05) is 0 Å². The Bertz CT molecular complexity index is 540. The molecule has 7 nitrogen and oxygen atoms in total. The summed E-state index contributed by atoms with van der Waals surface area (Å²) in [5, 5.41) is 6.49. The predicted octanol–water partition coefficient (Wildman–Crippen LogP) is 2.42. The third-order valence-corrected chi connectivity index (χ3v) is 3.71. The highest BCUT2D eigenvalue weighted by molar-refractivity contribution is 14.0. The Morgan fingerprint density at radius 1 is 1.00 bits per heavy atom. The normalized spacial score (nSPS) is 11.4. The van der Waals surface area contributed by atoms with Crippen molar-refractivity contribution in [3.8, 4) is 17.2 Å². The van der Waals surface area contributed by atoms with E-state index in [9.17, 15) is 0 Å². The van der Waals surface area contributed by atoms with Crippen molar-refractivity contribution in [1.29, 1.82) is 0 Å². The Labute approximate surface area is 167 Å². The Morgan fingerprint density at radius 2 is 1.56 bits per heavy atom. The van der Waals surface area contributed by atoms with Gasteiger partial charge in [-0.05, 0) is 13.8 Å². The van der Waals surface area contributed by atoms with Crippen molar-refractivity contribution in [2.75, 3.05) is 42.0 Å². The molecule has 0 heterocycles. The summed E-state index contributed by atoms with van der Waals surface area (Å²) in [5.41, 5.74) is 0.599. The zero-order valence-corrected chi connectivity index (χ0v) is 18.4. The van der Waals surface area contributed by atoms with Gasteiger partial charge in [0.05, 0.1) is 39.0 Å². The predicted molar refractivity (Wildman–Crippen MR) is 111 cm³/mol. The molecule has 0 amide bonds. The summed E-state index contributed by atoms with van der Waals surface area (Å²) in [4.78, 5) is 4.22. The van der Waals surface area contributed by atoms with Crippen LogP contribution in [0.5, 0.6) is 17.2 Å². The lowest BCUT2D eigenvalue weighted by Gasteiger charge is -2.24. The van der Waals surface area contributed by atoms with Gasteiger partial charge in [0, 0.05) is 32.8 Å². The number of guanidine groups is 1. The number of nitrogens with zero attached hydrogens (tertiary/aromatic N) is 1. The van der Waals surface area contributed by atoms with Crippen LogP contribution in [0.1, 0.15) is 19.4 Å². The first-order chi connectivity index (χ1) is 11.4. The topological polar surface area (TPSA) is 73.3 Å². The molecule has 1 aromatic carbocycles. The summed E-state index contributed by atoms with van der Waals surface area (Å²) >= 11 is 0. The van der Waals surface area contributed by atoms with Gasteiger partial charge in [0.25, 0.3) is 0 Å². The molecule has 0 saturated heterocycles. The van der Waals surface area contributed by atoms with E-state index in [0.717, 1.165) is 5.56 Å². The van der Waals surface area contributed by atoms with Crippen molar-refractivity contribution in [1.82, 2.24) is 10.6 Å². The molecule has 0 aliphatic rings. The van der Waals surface area contributed by atoms with E-state index in [0.29, 0.717) is 36.3 Å². The van der Waals surface area contributed by atoms with Crippen LogP contribution in [0.3, 0.4) is 0 Å². The third-order valence-electron chi connectivity index (χ3n) is 3.71. The Hall–Kier alpha value is -1.42. The smallest absolute Gasteiger partial charge is 0.191 e. The number of rotatable bonds is 8. The maximum atomic E-state index is 5.45. The van der Waals surface area contributed by atoms with Crippen LogP contribution in [0.25, 0.3) is 0 Å². The second kappa shape index (κ2) is 11.2. The highest BCUT2D eigenvalue weighted by Gasteiger charge is 2.17. The number of benzene rings is 1. The summed E-state index contributed by atoms with van der Waals surface area (Å²) in [6.45, 7) is 5.12. The van der Waals surface area contributed by atoms with Gasteiger partial charge in [-0.25, -0.2) is 0 Å². The number of hydrogen-bond donors (Lipinski definition) is 2. The quantitative estimate of drug-likeness (QED) is 0.348. The molecule has 8 heteroatoms. The summed E-state index contributed by atoms with van der Waals surface area (Å²) in [6, 6.07) is 3.65. The molecule has 0 atom stereocenters. The molecule has 0 aliphatic carbocycles. The first kappa shape index (κ1) is 23.6. The highest BCUT2D eigenvalue weighted by Crippen LogP contribution is 2.33. The first-order valence-electron chi connectivity index (χ1n) is 7.69. The summed E-state index contributed by atoms with van der Waals surface area (Å²) < 4.78 is 21.5. The lowest BCUT2D eigenvalue weighted by Crippen LogP contribution is -2.45. The number of nitrogens with one attached hydrogen (secondary N) is 2. The van der Waals surface area contributed by atoms with Crippen LogP contribution in [0.4, 0.5) is 0 Å². The molecule has 0 radical (unpaired) electrons. The lowest BCUT2D eigenvalue weighted by molar-refractivity contribution is 0.0268. The fourth-order valence-electron chi connectivity index (χ4n) is 2.01. The molecule has 144 valence electrons. The van der Waals surface area contributed by atoms with Crippen LogP contribution in [0.15, 0.2) is 17.1 Å². The van der Waals surface area contributed by atoms with Crippen LogP contribution in [0.2, 0.25) is 0 Å². The Kier molecular flexibility index (Phi) is 10.6. The van der Waals surface area contributed by atoms with E-state index >= 15 is 0 Å². The standard InChI is InChI=1S/C17H29N3O4.HI/c1-17(2,24-7)11-20-16(18-3)19-10-13-14(22-5)8-12(21-4)9-15(13)23-6;/h8-9H,10-11H2,1-7H3,(H2,18,19,20);1H. The van der Waals surface area contributed by atoms with Crippen LogP contribution in [0, 0.1) is 0 Å².